The molecule has 9 rings (SSSR count). The summed E-state index contributed by atoms with van der Waals surface area (Å²) in [4.78, 5) is 0. The fourth-order valence-electron chi connectivity index (χ4n) is 7.56. The lowest BCUT2D eigenvalue weighted by Crippen LogP contribution is -2.51. The third-order valence-electron chi connectivity index (χ3n) is 9.60. The van der Waals surface area contributed by atoms with Crippen molar-refractivity contribution in [1.29, 1.82) is 0 Å². The van der Waals surface area contributed by atoms with Crippen LogP contribution in [0.3, 0.4) is 0 Å². The quantitative estimate of drug-likeness (QED) is 0.105. The number of rotatable bonds is 5. The summed E-state index contributed by atoms with van der Waals surface area (Å²) in [6, 6.07) is 65.4. The standard InChI is InChI=1S/C45H31Si/c1-3-14-35(15-4-1)46(36-16-5-2-6-17-36)37-26-23-31(24-27-37)44-40-19-9-11-21-42(40)45(43-22-12-10-20-41(43)44)33-25-28-39-34(30-33)29-32-13-7-8-18-38(32)39/h1-28,30H,29H2. The van der Waals surface area contributed by atoms with Crippen LogP contribution in [0.4, 0.5) is 0 Å². The average Bonchev–Trinajstić information content (AvgIpc) is 3.50. The van der Waals surface area contributed by atoms with Gasteiger partial charge in [-0.15, -0.1) is 0 Å². The van der Waals surface area contributed by atoms with E-state index >= 15 is 0 Å². The van der Waals surface area contributed by atoms with Gasteiger partial charge in [0.1, 0.15) is 0 Å². The van der Waals surface area contributed by atoms with Crippen LogP contribution in [0.1, 0.15) is 11.1 Å². The predicted molar refractivity (Wildman–Crippen MR) is 198 cm³/mol. The summed E-state index contributed by atoms with van der Waals surface area (Å²) < 4.78 is 0. The Bertz CT molecular complexity index is 2270. The molecule has 0 fully saturated rings. The van der Waals surface area contributed by atoms with Gasteiger partial charge in [0.15, 0.2) is 8.80 Å². The normalized spacial score (nSPS) is 12.0. The lowest BCUT2D eigenvalue weighted by atomic mass is 9.85. The van der Waals surface area contributed by atoms with Crippen molar-refractivity contribution in [3.8, 4) is 33.4 Å². The number of hydrogen-bond acceptors (Lipinski definition) is 0. The second-order valence-corrected chi connectivity index (χ2v) is 14.7. The molecule has 0 amide bonds. The Kier molecular flexibility index (Phi) is 6.50. The lowest BCUT2D eigenvalue weighted by Gasteiger charge is -2.20. The van der Waals surface area contributed by atoms with Crippen molar-refractivity contribution in [2.24, 2.45) is 0 Å². The fourth-order valence-corrected chi connectivity index (χ4v) is 10.1. The summed E-state index contributed by atoms with van der Waals surface area (Å²) in [5.41, 5.74) is 10.8. The molecule has 46 heavy (non-hydrogen) atoms. The molecule has 8 aromatic rings. The highest BCUT2D eigenvalue weighted by Gasteiger charge is 2.22. The highest BCUT2D eigenvalue weighted by Crippen LogP contribution is 2.45. The molecule has 1 radical (unpaired) electrons. The lowest BCUT2D eigenvalue weighted by molar-refractivity contribution is 1.26. The molecule has 8 aromatic carbocycles. The maximum absolute atomic E-state index is 2.44. The van der Waals surface area contributed by atoms with Crippen molar-refractivity contribution < 1.29 is 0 Å². The van der Waals surface area contributed by atoms with E-state index in [2.05, 4.69) is 176 Å². The van der Waals surface area contributed by atoms with E-state index in [9.17, 15) is 0 Å². The van der Waals surface area contributed by atoms with Crippen molar-refractivity contribution >= 4 is 45.9 Å². The van der Waals surface area contributed by atoms with E-state index < -0.39 is 8.80 Å². The van der Waals surface area contributed by atoms with Gasteiger partial charge in [0, 0.05) is 0 Å². The van der Waals surface area contributed by atoms with Gasteiger partial charge >= 0.3 is 0 Å². The van der Waals surface area contributed by atoms with Crippen LogP contribution in [0.15, 0.2) is 176 Å². The molecule has 1 aliphatic carbocycles. The third kappa shape index (κ3) is 4.43. The molecule has 0 unspecified atom stereocenters. The Morgan fingerprint density at radius 1 is 0.326 bits per heavy atom. The van der Waals surface area contributed by atoms with E-state index in [-0.39, 0.29) is 0 Å². The molecule has 0 N–H and O–H groups in total. The van der Waals surface area contributed by atoms with Crippen LogP contribution in [0.5, 0.6) is 0 Å². The molecule has 0 atom stereocenters. The van der Waals surface area contributed by atoms with Crippen molar-refractivity contribution in [3.63, 3.8) is 0 Å². The minimum Gasteiger partial charge on any atom is -0.0624 e. The average molecular weight is 600 g/mol. The first kappa shape index (κ1) is 26.9. The number of benzene rings is 8. The molecule has 0 nitrogen and oxygen atoms in total. The van der Waals surface area contributed by atoms with E-state index in [1.807, 2.05) is 0 Å². The summed E-state index contributed by atoms with van der Waals surface area (Å²) >= 11 is 0. The molecule has 0 aliphatic heterocycles. The predicted octanol–water partition coefficient (Wildman–Crippen LogP) is 9.41. The molecule has 0 saturated carbocycles. The third-order valence-corrected chi connectivity index (χ3v) is 12.3. The van der Waals surface area contributed by atoms with Gasteiger partial charge in [0.25, 0.3) is 0 Å². The van der Waals surface area contributed by atoms with E-state index in [1.54, 1.807) is 0 Å². The number of fused-ring (bicyclic) bond motifs is 5. The zero-order valence-corrected chi connectivity index (χ0v) is 26.5. The molecule has 215 valence electrons. The summed E-state index contributed by atoms with van der Waals surface area (Å²) in [6.45, 7) is 0. The molecule has 1 heteroatoms. The topological polar surface area (TPSA) is 0 Å². The van der Waals surface area contributed by atoms with Gasteiger partial charge in [-0.3, -0.25) is 0 Å². The fraction of sp³-hybridized carbons (Fsp3) is 0.0222. The van der Waals surface area contributed by atoms with Crippen LogP contribution in [-0.2, 0) is 6.42 Å². The molecular weight excluding hydrogens is 569 g/mol. The molecule has 0 spiro atoms. The molecule has 1 aliphatic rings. The zero-order valence-electron chi connectivity index (χ0n) is 25.5. The highest BCUT2D eigenvalue weighted by atomic mass is 28.3. The van der Waals surface area contributed by atoms with Crippen molar-refractivity contribution in [3.05, 3.63) is 187 Å². The van der Waals surface area contributed by atoms with Crippen molar-refractivity contribution in [2.75, 3.05) is 0 Å². The van der Waals surface area contributed by atoms with Gasteiger partial charge in [-0.05, 0) is 72.5 Å². The first-order valence-corrected chi connectivity index (χ1v) is 17.6. The van der Waals surface area contributed by atoms with Crippen molar-refractivity contribution in [2.45, 2.75) is 6.42 Å². The van der Waals surface area contributed by atoms with Crippen LogP contribution >= 0.6 is 0 Å². The maximum Gasteiger partial charge on any atom is 0.154 e. The van der Waals surface area contributed by atoms with Crippen LogP contribution < -0.4 is 15.6 Å². The summed E-state index contributed by atoms with van der Waals surface area (Å²) in [5.74, 6) is 0. The molecule has 0 bridgehead atoms. The van der Waals surface area contributed by atoms with Gasteiger partial charge in [0.2, 0.25) is 0 Å². The van der Waals surface area contributed by atoms with Crippen LogP contribution in [0.2, 0.25) is 0 Å². The second kappa shape index (κ2) is 11.1. The van der Waals surface area contributed by atoms with E-state index in [0.29, 0.717) is 0 Å². The Labute approximate surface area is 271 Å². The Morgan fingerprint density at radius 3 is 1.35 bits per heavy atom. The Hall–Kier alpha value is -5.50. The summed E-state index contributed by atoms with van der Waals surface area (Å²) in [6.07, 6.45) is 0.995. The first-order valence-electron chi connectivity index (χ1n) is 16.1. The molecular formula is C45H31Si. The van der Waals surface area contributed by atoms with E-state index in [0.717, 1.165) is 6.42 Å². The zero-order chi connectivity index (χ0) is 30.5. The summed E-state index contributed by atoms with van der Waals surface area (Å²) in [5, 5.41) is 9.40. The molecule has 0 saturated heterocycles. The second-order valence-electron chi connectivity index (χ2n) is 12.2. The number of hydrogen-bond donors (Lipinski definition) is 0. The summed E-state index contributed by atoms with van der Waals surface area (Å²) in [7, 11) is -1.13. The Balaban J connectivity index is 1.21. The minimum atomic E-state index is -1.13. The van der Waals surface area contributed by atoms with Crippen LogP contribution in [0.25, 0.3) is 54.9 Å². The van der Waals surface area contributed by atoms with Gasteiger partial charge in [-0.2, -0.15) is 0 Å². The SMILES string of the molecule is c1ccc([Si](c2ccccc2)c2ccc(-c3c4ccccc4c(-c4ccc5c(c4)Cc4ccccc4-5)c4ccccc34)cc2)cc1. The first-order chi connectivity index (χ1) is 22.8. The van der Waals surface area contributed by atoms with Crippen molar-refractivity contribution in [1.82, 2.24) is 0 Å². The van der Waals surface area contributed by atoms with Gasteiger partial charge in [0.05, 0.1) is 0 Å². The van der Waals surface area contributed by atoms with E-state index in [4.69, 9.17) is 0 Å². The maximum atomic E-state index is 2.44. The largest absolute Gasteiger partial charge is 0.154 e. The van der Waals surface area contributed by atoms with E-state index in [1.165, 1.54) is 81.6 Å². The minimum absolute atomic E-state index is 0.995. The van der Waals surface area contributed by atoms with Gasteiger partial charge in [-0.25, -0.2) is 0 Å². The van der Waals surface area contributed by atoms with Gasteiger partial charge in [-0.1, -0.05) is 191 Å². The smallest absolute Gasteiger partial charge is 0.0624 e. The monoisotopic (exact) mass is 599 g/mol. The highest BCUT2D eigenvalue weighted by molar-refractivity contribution is 6.95. The molecule has 0 aromatic heterocycles. The van der Waals surface area contributed by atoms with Gasteiger partial charge < -0.3 is 0 Å². The van der Waals surface area contributed by atoms with Crippen LogP contribution in [-0.4, -0.2) is 8.80 Å². The van der Waals surface area contributed by atoms with Crippen LogP contribution in [0, 0.1) is 0 Å². The Morgan fingerprint density at radius 2 is 0.761 bits per heavy atom. The molecule has 0 heterocycles.